The summed E-state index contributed by atoms with van der Waals surface area (Å²) in [6.07, 6.45) is -1.27. The third-order valence-corrected chi connectivity index (χ3v) is 6.92. The summed E-state index contributed by atoms with van der Waals surface area (Å²) in [5.41, 5.74) is 0. The van der Waals surface area contributed by atoms with Crippen LogP contribution >= 0.6 is 0 Å². The van der Waals surface area contributed by atoms with Crippen LogP contribution in [0.3, 0.4) is 0 Å². The summed E-state index contributed by atoms with van der Waals surface area (Å²) in [6, 6.07) is 0. The summed E-state index contributed by atoms with van der Waals surface area (Å²) in [7, 11) is -6.92. The minimum absolute atomic E-state index is 0.441. The van der Waals surface area contributed by atoms with Gasteiger partial charge in [-0.15, -0.1) is 0 Å². The minimum Gasteiger partial charge on any atom is -0.391 e. The number of hydrogen-bond acceptors (Lipinski definition) is 5. The first-order valence-electron chi connectivity index (χ1n) is 4.28. The maximum absolute atomic E-state index is 11.6. The zero-order valence-corrected chi connectivity index (χ0v) is 9.68. The molecule has 1 rings (SSSR count). The van der Waals surface area contributed by atoms with E-state index in [0.29, 0.717) is 0 Å². The fourth-order valence-corrected chi connectivity index (χ4v) is 5.81. The van der Waals surface area contributed by atoms with Gasteiger partial charge >= 0.3 is 0 Å². The molecule has 1 fully saturated rings. The minimum atomic E-state index is -3.53. The molecule has 0 bridgehead atoms. The van der Waals surface area contributed by atoms with Gasteiger partial charge in [-0.05, 0) is 13.8 Å². The summed E-state index contributed by atoms with van der Waals surface area (Å²) in [5, 5.41) is 7.55. The van der Waals surface area contributed by atoms with E-state index < -0.39 is 47.8 Å². The Bertz CT molecular complexity index is 405. The highest BCUT2D eigenvalue weighted by Crippen LogP contribution is 2.22. The van der Waals surface area contributed by atoms with Gasteiger partial charge in [0.25, 0.3) is 0 Å². The van der Waals surface area contributed by atoms with Crippen LogP contribution in [0.15, 0.2) is 0 Å². The molecule has 1 aliphatic rings. The Morgan fingerprint density at radius 1 is 1.29 bits per heavy atom. The topological polar surface area (TPSA) is 88.5 Å². The quantitative estimate of drug-likeness (QED) is 0.668. The fraction of sp³-hybridized carbons (Fsp3) is 1.00. The molecule has 0 spiro atoms. The molecule has 0 aliphatic carbocycles. The number of aliphatic hydroxyl groups excluding tert-OH is 1. The van der Waals surface area contributed by atoms with Crippen molar-refractivity contribution in [1.82, 2.24) is 0 Å². The second-order valence-corrected chi connectivity index (χ2v) is 8.70. The predicted molar refractivity (Wildman–Crippen MR) is 52.5 cm³/mol. The van der Waals surface area contributed by atoms with Crippen LogP contribution in [0.5, 0.6) is 0 Å². The molecule has 5 nitrogen and oxygen atoms in total. The highest BCUT2D eigenvalue weighted by Gasteiger charge is 2.45. The standard InChI is InChI=1S/C7H14O5S2/c1-5(2)14(11,12)7-4-13(9,10)3-6(7)8/h5-8H,3-4H2,1-2H3. The van der Waals surface area contributed by atoms with Crippen LogP contribution in [0.4, 0.5) is 0 Å². The molecule has 2 unspecified atom stereocenters. The molecule has 1 saturated heterocycles. The first-order chi connectivity index (χ1) is 6.17. The molecule has 0 aromatic rings. The van der Waals surface area contributed by atoms with Gasteiger partial charge in [-0.25, -0.2) is 16.8 Å². The highest BCUT2D eigenvalue weighted by molar-refractivity contribution is 7.96. The van der Waals surface area contributed by atoms with Crippen molar-refractivity contribution in [3.8, 4) is 0 Å². The zero-order chi connectivity index (χ0) is 11.1. The molecule has 2 atom stereocenters. The van der Waals surface area contributed by atoms with Gasteiger partial charge in [0.15, 0.2) is 19.7 Å². The van der Waals surface area contributed by atoms with Crippen molar-refractivity contribution < 1.29 is 21.9 Å². The van der Waals surface area contributed by atoms with E-state index in [2.05, 4.69) is 0 Å². The van der Waals surface area contributed by atoms with Crippen LogP contribution in [0.2, 0.25) is 0 Å². The van der Waals surface area contributed by atoms with Gasteiger partial charge in [-0.3, -0.25) is 0 Å². The molecule has 14 heavy (non-hydrogen) atoms. The number of sulfone groups is 2. The van der Waals surface area contributed by atoms with E-state index in [0.717, 1.165) is 0 Å². The third kappa shape index (κ3) is 2.09. The molecule has 1 heterocycles. The second kappa shape index (κ2) is 3.46. The van der Waals surface area contributed by atoms with E-state index in [4.69, 9.17) is 0 Å². The summed E-state index contributed by atoms with van der Waals surface area (Å²) >= 11 is 0. The molecule has 0 amide bonds. The molecular formula is C7H14O5S2. The second-order valence-electron chi connectivity index (χ2n) is 3.82. The third-order valence-electron chi connectivity index (χ3n) is 2.35. The van der Waals surface area contributed by atoms with Crippen molar-refractivity contribution in [2.24, 2.45) is 0 Å². The van der Waals surface area contributed by atoms with Crippen molar-refractivity contribution in [3.63, 3.8) is 0 Å². The number of aliphatic hydroxyl groups is 1. The average Bonchev–Trinajstić information content (AvgIpc) is 2.24. The Labute approximate surface area is 84.0 Å². The van der Waals surface area contributed by atoms with Crippen LogP contribution in [-0.2, 0) is 19.7 Å². The van der Waals surface area contributed by atoms with Gasteiger partial charge in [0.05, 0.1) is 22.9 Å². The zero-order valence-electron chi connectivity index (χ0n) is 8.04. The van der Waals surface area contributed by atoms with Crippen LogP contribution in [0, 0.1) is 0 Å². The first-order valence-corrected chi connectivity index (χ1v) is 7.71. The molecule has 84 valence electrons. The lowest BCUT2D eigenvalue weighted by Crippen LogP contribution is -2.37. The van der Waals surface area contributed by atoms with Gasteiger partial charge in [0.2, 0.25) is 0 Å². The first kappa shape index (κ1) is 11.9. The van der Waals surface area contributed by atoms with Gasteiger partial charge in [-0.1, -0.05) is 0 Å². The van der Waals surface area contributed by atoms with Crippen molar-refractivity contribution in [2.45, 2.75) is 30.5 Å². The molecule has 1 N–H and O–H groups in total. The Kier molecular flexibility index (Phi) is 2.95. The van der Waals surface area contributed by atoms with Gasteiger partial charge in [0, 0.05) is 0 Å². The van der Waals surface area contributed by atoms with E-state index in [9.17, 15) is 21.9 Å². The molecule has 0 aromatic heterocycles. The summed E-state index contributed by atoms with van der Waals surface area (Å²) in [5.74, 6) is -0.891. The fourth-order valence-electron chi connectivity index (χ4n) is 1.46. The largest absolute Gasteiger partial charge is 0.391 e. The molecule has 7 heteroatoms. The highest BCUT2D eigenvalue weighted by atomic mass is 32.2. The maximum Gasteiger partial charge on any atom is 0.159 e. The predicted octanol–water partition coefficient (Wildman–Crippen LogP) is -1.03. The lowest BCUT2D eigenvalue weighted by Gasteiger charge is -2.16. The Balaban J connectivity index is 3.04. The molecule has 0 saturated carbocycles. The monoisotopic (exact) mass is 242 g/mol. The van der Waals surface area contributed by atoms with E-state index in [1.165, 1.54) is 13.8 Å². The van der Waals surface area contributed by atoms with Crippen LogP contribution < -0.4 is 0 Å². The molecular weight excluding hydrogens is 228 g/mol. The summed E-state index contributed by atoms with van der Waals surface area (Å²) in [6.45, 7) is 2.96. The van der Waals surface area contributed by atoms with Crippen molar-refractivity contribution >= 4 is 19.7 Å². The van der Waals surface area contributed by atoms with Crippen molar-refractivity contribution in [2.75, 3.05) is 11.5 Å². The Morgan fingerprint density at radius 2 is 1.79 bits per heavy atom. The normalized spacial score (nSPS) is 32.3. The lowest BCUT2D eigenvalue weighted by molar-refractivity contribution is 0.204. The maximum atomic E-state index is 11.6. The van der Waals surface area contributed by atoms with E-state index in [-0.39, 0.29) is 0 Å². The molecule has 0 radical (unpaired) electrons. The van der Waals surface area contributed by atoms with E-state index in [1.54, 1.807) is 0 Å². The SMILES string of the molecule is CC(C)S(=O)(=O)C1CS(=O)(=O)CC1O. The van der Waals surface area contributed by atoms with E-state index >= 15 is 0 Å². The van der Waals surface area contributed by atoms with Crippen LogP contribution in [0.1, 0.15) is 13.8 Å². The Morgan fingerprint density at radius 3 is 2.07 bits per heavy atom. The summed E-state index contributed by atoms with van der Waals surface area (Å²) in [4.78, 5) is 0. The van der Waals surface area contributed by atoms with Crippen LogP contribution in [0.25, 0.3) is 0 Å². The molecule has 0 aromatic carbocycles. The van der Waals surface area contributed by atoms with Gasteiger partial charge < -0.3 is 5.11 Å². The average molecular weight is 242 g/mol. The number of hydrogen-bond donors (Lipinski definition) is 1. The summed E-state index contributed by atoms with van der Waals surface area (Å²) < 4.78 is 45.4. The van der Waals surface area contributed by atoms with Crippen molar-refractivity contribution in [3.05, 3.63) is 0 Å². The smallest absolute Gasteiger partial charge is 0.159 e. The van der Waals surface area contributed by atoms with Crippen LogP contribution in [-0.4, -0.2) is 50.1 Å². The Hall–Kier alpha value is -0.140. The molecule has 1 aliphatic heterocycles. The number of rotatable bonds is 2. The van der Waals surface area contributed by atoms with Crippen molar-refractivity contribution in [1.29, 1.82) is 0 Å². The van der Waals surface area contributed by atoms with E-state index in [1.807, 2.05) is 0 Å². The lowest BCUT2D eigenvalue weighted by atomic mass is 10.3. The van der Waals surface area contributed by atoms with Gasteiger partial charge in [-0.2, -0.15) is 0 Å². The van der Waals surface area contributed by atoms with Gasteiger partial charge in [0.1, 0.15) is 5.25 Å².